The molecule has 1 aromatic rings. The quantitative estimate of drug-likeness (QED) is 0.779. The van der Waals surface area contributed by atoms with Crippen LogP contribution in [0.5, 0.6) is 0 Å². The number of rotatable bonds is 5. The largest absolute Gasteiger partial charge is 0.352 e. The van der Waals surface area contributed by atoms with Gasteiger partial charge in [-0.1, -0.05) is 13.0 Å². The van der Waals surface area contributed by atoms with Crippen LogP contribution in [-0.2, 0) is 11.2 Å². The Morgan fingerprint density at radius 2 is 2.47 bits per heavy atom. The van der Waals surface area contributed by atoms with Crippen molar-refractivity contribution in [2.24, 2.45) is 0 Å². The predicted octanol–water partition coefficient (Wildman–Crippen LogP) is 2.16. The molecule has 0 saturated heterocycles. The summed E-state index contributed by atoms with van der Waals surface area (Å²) in [6.45, 7) is 4.51. The number of nitrogens with one attached hydrogen (secondary N) is 1. The maximum atomic E-state index is 11.5. The fourth-order valence-electron chi connectivity index (χ4n) is 1.20. The third-order valence-electron chi connectivity index (χ3n) is 1.98. The first kappa shape index (κ1) is 11.9. The second-order valence-corrected chi connectivity index (χ2v) is 4.21. The van der Waals surface area contributed by atoms with Gasteiger partial charge in [0, 0.05) is 30.1 Å². The Bertz CT molecular complexity index is 330. The Kier molecular flexibility index (Phi) is 5.04. The van der Waals surface area contributed by atoms with E-state index in [0.717, 1.165) is 23.4 Å². The van der Waals surface area contributed by atoms with Crippen LogP contribution in [0, 0.1) is 0 Å². The maximum absolute atomic E-state index is 11.5. The topological polar surface area (TPSA) is 42.0 Å². The van der Waals surface area contributed by atoms with Crippen LogP contribution in [-0.4, -0.2) is 17.4 Å². The molecule has 15 heavy (non-hydrogen) atoms. The van der Waals surface area contributed by atoms with E-state index in [9.17, 15) is 4.79 Å². The van der Waals surface area contributed by atoms with Gasteiger partial charge in [-0.2, -0.15) is 0 Å². The van der Waals surface area contributed by atoms with E-state index in [-0.39, 0.29) is 5.91 Å². The standard InChI is InChI=1S/C11H16N2OS/c1-3-4-9(2)11(14)13-6-5-10-12-7-8-15-10/h4,7-8H,3,5-6H2,1-2H3,(H,13,14)/b9-4+. The molecule has 0 aliphatic carbocycles. The molecule has 0 aromatic carbocycles. The average molecular weight is 224 g/mol. The Balaban J connectivity index is 2.26. The number of carbonyl (C=O) groups is 1. The lowest BCUT2D eigenvalue weighted by Crippen LogP contribution is -2.26. The SMILES string of the molecule is CC/C=C(\C)C(=O)NCCc1nccs1. The number of hydrogen-bond donors (Lipinski definition) is 1. The summed E-state index contributed by atoms with van der Waals surface area (Å²) in [6.07, 6.45) is 5.41. The zero-order valence-corrected chi connectivity index (χ0v) is 9.93. The lowest BCUT2D eigenvalue weighted by molar-refractivity contribution is -0.117. The molecule has 1 amide bonds. The number of hydrogen-bond acceptors (Lipinski definition) is 3. The van der Waals surface area contributed by atoms with Gasteiger partial charge in [0.15, 0.2) is 0 Å². The molecular formula is C11H16N2OS. The van der Waals surface area contributed by atoms with E-state index in [2.05, 4.69) is 10.3 Å². The van der Waals surface area contributed by atoms with Crippen molar-refractivity contribution in [3.05, 3.63) is 28.2 Å². The Morgan fingerprint density at radius 1 is 1.67 bits per heavy atom. The predicted molar refractivity (Wildman–Crippen MR) is 62.9 cm³/mol. The maximum Gasteiger partial charge on any atom is 0.246 e. The van der Waals surface area contributed by atoms with Gasteiger partial charge in [0.2, 0.25) is 5.91 Å². The summed E-state index contributed by atoms with van der Waals surface area (Å²) < 4.78 is 0. The molecule has 0 spiro atoms. The van der Waals surface area contributed by atoms with Crippen molar-refractivity contribution in [3.63, 3.8) is 0 Å². The second-order valence-electron chi connectivity index (χ2n) is 3.23. The summed E-state index contributed by atoms with van der Waals surface area (Å²) in [5.74, 6) is 0.0217. The molecule has 0 bridgehead atoms. The minimum atomic E-state index is 0.0217. The van der Waals surface area contributed by atoms with Crippen LogP contribution in [0.3, 0.4) is 0 Å². The first-order valence-electron chi connectivity index (χ1n) is 5.07. The van der Waals surface area contributed by atoms with Crippen molar-refractivity contribution in [2.45, 2.75) is 26.7 Å². The second kappa shape index (κ2) is 6.35. The molecule has 0 atom stereocenters. The molecule has 0 saturated carbocycles. The summed E-state index contributed by atoms with van der Waals surface area (Å²) in [7, 11) is 0. The van der Waals surface area contributed by atoms with Crippen molar-refractivity contribution in [1.82, 2.24) is 10.3 Å². The summed E-state index contributed by atoms with van der Waals surface area (Å²) in [4.78, 5) is 15.6. The molecule has 0 aliphatic heterocycles. The normalized spacial score (nSPS) is 11.5. The Labute approximate surface area is 94.2 Å². The zero-order chi connectivity index (χ0) is 11.1. The van der Waals surface area contributed by atoms with Crippen LogP contribution in [0.25, 0.3) is 0 Å². The van der Waals surface area contributed by atoms with Gasteiger partial charge in [-0.05, 0) is 13.3 Å². The van der Waals surface area contributed by atoms with E-state index in [1.165, 1.54) is 0 Å². The Hall–Kier alpha value is -1.16. The molecule has 4 heteroatoms. The molecule has 1 N–H and O–H groups in total. The fraction of sp³-hybridized carbons (Fsp3) is 0.455. The lowest BCUT2D eigenvalue weighted by atomic mass is 10.2. The molecule has 1 aromatic heterocycles. The molecule has 0 fully saturated rings. The molecule has 0 aliphatic rings. The highest BCUT2D eigenvalue weighted by Crippen LogP contribution is 2.03. The average Bonchev–Trinajstić information content (AvgIpc) is 2.71. The van der Waals surface area contributed by atoms with Crippen LogP contribution in [0.4, 0.5) is 0 Å². The number of thiazole rings is 1. The van der Waals surface area contributed by atoms with Gasteiger partial charge >= 0.3 is 0 Å². The highest BCUT2D eigenvalue weighted by molar-refractivity contribution is 7.09. The minimum absolute atomic E-state index is 0.0217. The lowest BCUT2D eigenvalue weighted by Gasteiger charge is -2.03. The zero-order valence-electron chi connectivity index (χ0n) is 9.12. The molecular weight excluding hydrogens is 208 g/mol. The van der Waals surface area contributed by atoms with E-state index in [1.54, 1.807) is 17.5 Å². The van der Waals surface area contributed by atoms with Crippen molar-refractivity contribution in [1.29, 1.82) is 0 Å². The van der Waals surface area contributed by atoms with E-state index >= 15 is 0 Å². The summed E-state index contributed by atoms with van der Waals surface area (Å²) in [5, 5.41) is 5.87. The third-order valence-corrected chi connectivity index (χ3v) is 2.82. The first-order valence-corrected chi connectivity index (χ1v) is 5.95. The number of nitrogens with zero attached hydrogens (tertiary/aromatic N) is 1. The fourth-order valence-corrected chi connectivity index (χ4v) is 1.82. The van der Waals surface area contributed by atoms with Crippen LogP contribution in [0.2, 0.25) is 0 Å². The van der Waals surface area contributed by atoms with E-state index in [1.807, 2.05) is 25.3 Å². The van der Waals surface area contributed by atoms with Gasteiger partial charge in [0.1, 0.15) is 0 Å². The molecule has 1 heterocycles. The Morgan fingerprint density at radius 3 is 3.07 bits per heavy atom. The van der Waals surface area contributed by atoms with Gasteiger partial charge in [-0.25, -0.2) is 4.98 Å². The van der Waals surface area contributed by atoms with Crippen molar-refractivity contribution in [3.8, 4) is 0 Å². The van der Waals surface area contributed by atoms with E-state index < -0.39 is 0 Å². The van der Waals surface area contributed by atoms with Crippen LogP contribution >= 0.6 is 11.3 Å². The van der Waals surface area contributed by atoms with Crippen LogP contribution in [0.1, 0.15) is 25.3 Å². The highest BCUT2D eigenvalue weighted by atomic mass is 32.1. The minimum Gasteiger partial charge on any atom is -0.352 e. The highest BCUT2D eigenvalue weighted by Gasteiger charge is 2.02. The van der Waals surface area contributed by atoms with Crippen LogP contribution < -0.4 is 5.32 Å². The van der Waals surface area contributed by atoms with E-state index in [0.29, 0.717) is 6.54 Å². The van der Waals surface area contributed by atoms with Gasteiger partial charge < -0.3 is 5.32 Å². The first-order chi connectivity index (χ1) is 7.24. The molecule has 0 unspecified atom stereocenters. The van der Waals surface area contributed by atoms with Crippen molar-refractivity contribution < 1.29 is 4.79 Å². The van der Waals surface area contributed by atoms with Crippen molar-refractivity contribution in [2.75, 3.05) is 6.54 Å². The monoisotopic (exact) mass is 224 g/mol. The molecule has 3 nitrogen and oxygen atoms in total. The van der Waals surface area contributed by atoms with Gasteiger partial charge in [0.25, 0.3) is 0 Å². The molecule has 0 radical (unpaired) electrons. The van der Waals surface area contributed by atoms with Crippen LogP contribution in [0.15, 0.2) is 23.2 Å². The van der Waals surface area contributed by atoms with Gasteiger partial charge in [-0.3, -0.25) is 4.79 Å². The molecule has 1 rings (SSSR count). The molecule has 82 valence electrons. The van der Waals surface area contributed by atoms with Gasteiger partial charge in [0.05, 0.1) is 5.01 Å². The summed E-state index contributed by atoms with van der Waals surface area (Å²) >= 11 is 1.62. The number of allylic oxidation sites excluding steroid dienone is 1. The summed E-state index contributed by atoms with van der Waals surface area (Å²) in [6, 6.07) is 0. The van der Waals surface area contributed by atoms with E-state index in [4.69, 9.17) is 0 Å². The number of carbonyl (C=O) groups excluding carboxylic acids is 1. The smallest absolute Gasteiger partial charge is 0.246 e. The number of aromatic nitrogens is 1. The third kappa shape index (κ3) is 4.25. The van der Waals surface area contributed by atoms with Gasteiger partial charge in [-0.15, -0.1) is 11.3 Å². The summed E-state index contributed by atoms with van der Waals surface area (Å²) in [5.41, 5.74) is 0.789. The van der Waals surface area contributed by atoms with Crippen molar-refractivity contribution >= 4 is 17.2 Å². The number of amides is 1.